The largest absolute Gasteiger partial charge is 0.382 e. The van der Waals surface area contributed by atoms with Gasteiger partial charge in [0.2, 0.25) is 0 Å². The molecule has 0 bridgehead atoms. The summed E-state index contributed by atoms with van der Waals surface area (Å²) in [5, 5.41) is 3.87. The van der Waals surface area contributed by atoms with Crippen molar-refractivity contribution < 1.29 is 4.79 Å². The first-order valence-electron chi connectivity index (χ1n) is 7.44. The number of carbonyl (C=O) groups is 1. The van der Waals surface area contributed by atoms with Crippen LogP contribution in [0.1, 0.15) is 35.9 Å². The van der Waals surface area contributed by atoms with Crippen LogP contribution in [0, 0.1) is 0 Å². The van der Waals surface area contributed by atoms with Gasteiger partial charge in [-0.3, -0.25) is 4.79 Å². The van der Waals surface area contributed by atoms with Gasteiger partial charge in [-0.05, 0) is 46.8 Å². The van der Waals surface area contributed by atoms with E-state index in [4.69, 9.17) is 5.73 Å². The number of amides is 1. The van der Waals surface area contributed by atoms with Crippen molar-refractivity contribution >= 4 is 28.2 Å². The van der Waals surface area contributed by atoms with E-state index >= 15 is 0 Å². The maximum Gasteiger partial charge on any atom is 0.265 e. The maximum absolute atomic E-state index is 12.3. The summed E-state index contributed by atoms with van der Waals surface area (Å²) in [6, 6.07) is 0.122. The third kappa shape index (κ3) is 4.31. The van der Waals surface area contributed by atoms with Gasteiger partial charge in [0.25, 0.3) is 5.91 Å². The summed E-state index contributed by atoms with van der Waals surface area (Å²) in [5.41, 5.74) is 5.91. The van der Waals surface area contributed by atoms with Crippen LogP contribution in [0.3, 0.4) is 0 Å². The van der Waals surface area contributed by atoms with E-state index in [2.05, 4.69) is 20.1 Å². The molecule has 1 atom stereocenters. The first-order valence-corrected chi connectivity index (χ1v) is 8.26. The van der Waals surface area contributed by atoms with Crippen LogP contribution in [-0.4, -0.2) is 55.6 Å². The molecule has 1 aromatic heterocycles. The van der Waals surface area contributed by atoms with Crippen molar-refractivity contribution in [3.8, 4) is 0 Å². The van der Waals surface area contributed by atoms with E-state index in [1.165, 1.54) is 24.2 Å². The van der Waals surface area contributed by atoms with Crippen molar-refractivity contribution in [2.75, 3.05) is 44.4 Å². The molecule has 7 heteroatoms. The lowest BCUT2D eigenvalue weighted by atomic mass is 10.2. The number of hydrogen-bond donors (Lipinski definition) is 2. The minimum atomic E-state index is -0.110. The molecule has 1 amide bonds. The van der Waals surface area contributed by atoms with E-state index in [-0.39, 0.29) is 11.9 Å². The SMILES string of the molecule is CC(CCN(C)C)NC(=O)c1sc(N2CCCC2)nc1N. The molecule has 3 N–H and O–H groups in total. The smallest absolute Gasteiger partial charge is 0.265 e. The Hall–Kier alpha value is -1.34. The molecule has 1 saturated heterocycles. The molecule has 118 valence electrons. The third-order valence-electron chi connectivity index (χ3n) is 3.61. The maximum atomic E-state index is 12.3. The second-order valence-corrected chi connectivity index (χ2v) is 6.85. The Balaban J connectivity index is 1.95. The number of hydrogen-bond acceptors (Lipinski definition) is 6. The minimum Gasteiger partial charge on any atom is -0.382 e. The molecule has 0 spiro atoms. The van der Waals surface area contributed by atoms with E-state index in [1.54, 1.807) is 0 Å². The topological polar surface area (TPSA) is 74.5 Å². The first-order chi connectivity index (χ1) is 9.97. The van der Waals surface area contributed by atoms with Gasteiger partial charge in [-0.25, -0.2) is 4.98 Å². The summed E-state index contributed by atoms with van der Waals surface area (Å²) in [7, 11) is 4.05. The number of anilines is 2. The zero-order valence-corrected chi connectivity index (χ0v) is 13.9. The first kappa shape index (κ1) is 16.0. The highest BCUT2D eigenvalue weighted by molar-refractivity contribution is 7.18. The van der Waals surface area contributed by atoms with E-state index in [0.29, 0.717) is 10.7 Å². The Kier molecular flexibility index (Phi) is 5.41. The Morgan fingerprint density at radius 3 is 2.76 bits per heavy atom. The zero-order valence-electron chi connectivity index (χ0n) is 13.1. The average molecular weight is 311 g/mol. The van der Waals surface area contributed by atoms with Crippen LogP contribution in [0.25, 0.3) is 0 Å². The molecule has 1 aliphatic rings. The van der Waals surface area contributed by atoms with Crippen LogP contribution in [0.15, 0.2) is 0 Å². The Morgan fingerprint density at radius 2 is 2.14 bits per heavy atom. The van der Waals surface area contributed by atoms with E-state index in [0.717, 1.165) is 31.2 Å². The summed E-state index contributed by atoms with van der Waals surface area (Å²) in [4.78, 5) is 21.5. The molecule has 6 nitrogen and oxygen atoms in total. The summed E-state index contributed by atoms with van der Waals surface area (Å²) in [6.45, 7) is 4.97. The van der Waals surface area contributed by atoms with Crippen LogP contribution >= 0.6 is 11.3 Å². The second-order valence-electron chi connectivity index (χ2n) is 5.87. The molecular weight excluding hydrogens is 286 g/mol. The molecule has 0 saturated carbocycles. The highest BCUT2D eigenvalue weighted by Gasteiger charge is 2.22. The molecule has 1 aromatic rings. The van der Waals surface area contributed by atoms with Crippen molar-refractivity contribution in [2.45, 2.75) is 32.2 Å². The predicted octanol–water partition coefficient (Wildman–Crippen LogP) is 1.40. The zero-order chi connectivity index (χ0) is 15.4. The molecule has 2 rings (SSSR count). The number of nitrogen functional groups attached to an aromatic ring is 1. The summed E-state index contributed by atoms with van der Waals surface area (Å²) < 4.78 is 0. The van der Waals surface area contributed by atoms with Gasteiger partial charge < -0.3 is 20.9 Å². The van der Waals surface area contributed by atoms with Crippen molar-refractivity contribution in [1.29, 1.82) is 0 Å². The van der Waals surface area contributed by atoms with Gasteiger partial charge in [-0.15, -0.1) is 0 Å². The van der Waals surface area contributed by atoms with E-state index in [9.17, 15) is 4.79 Å². The van der Waals surface area contributed by atoms with Gasteiger partial charge in [0.05, 0.1) is 0 Å². The Labute approximate surface area is 130 Å². The molecule has 0 radical (unpaired) electrons. The van der Waals surface area contributed by atoms with Crippen LogP contribution < -0.4 is 16.0 Å². The van der Waals surface area contributed by atoms with Crippen molar-refractivity contribution in [3.05, 3.63) is 4.88 Å². The second kappa shape index (κ2) is 7.09. The van der Waals surface area contributed by atoms with Crippen LogP contribution in [0.2, 0.25) is 0 Å². The molecular formula is C14H25N5OS. The van der Waals surface area contributed by atoms with Gasteiger partial charge >= 0.3 is 0 Å². The summed E-state index contributed by atoms with van der Waals surface area (Å²) in [6.07, 6.45) is 3.28. The number of nitrogens with zero attached hydrogens (tertiary/aromatic N) is 3. The van der Waals surface area contributed by atoms with Crippen molar-refractivity contribution in [3.63, 3.8) is 0 Å². The lowest BCUT2D eigenvalue weighted by Crippen LogP contribution is -2.34. The fourth-order valence-corrected chi connectivity index (χ4v) is 3.28. The fraction of sp³-hybridized carbons (Fsp3) is 0.714. The van der Waals surface area contributed by atoms with Gasteiger partial charge in [0.1, 0.15) is 10.7 Å². The van der Waals surface area contributed by atoms with Gasteiger partial charge in [-0.1, -0.05) is 11.3 Å². The monoisotopic (exact) mass is 311 g/mol. The van der Waals surface area contributed by atoms with Crippen LogP contribution in [0.5, 0.6) is 0 Å². The number of aromatic nitrogens is 1. The highest BCUT2D eigenvalue weighted by Crippen LogP contribution is 2.30. The van der Waals surface area contributed by atoms with Gasteiger partial charge in [-0.2, -0.15) is 0 Å². The van der Waals surface area contributed by atoms with E-state index < -0.39 is 0 Å². The number of thiazole rings is 1. The van der Waals surface area contributed by atoms with Crippen molar-refractivity contribution in [1.82, 2.24) is 15.2 Å². The Morgan fingerprint density at radius 1 is 1.48 bits per heavy atom. The van der Waals surface area contributed by atoms with Gasteiger partial charge in [0.15, 0.2) is 5.13 Å². The average Bonchev–Trinajstić information content (AvgIpc) is 3.05. The lowest BCUT2D eigenvalue weighted by molar-refractivity contribution is 0.0941. The number of carbonyl (C=O) groups excluding carboxylic acids is 1. The van der Waals surface area contributed by atoms with E-state index in [1.807, 2.05) is 21.0 Å². The molecule has 0 aromatic carbocycles. The van der Waals surface area contributed by atoms with Crippen molar-refractivity contribution in [2.24, 2.45) is 0 Å². The Bertz CT molecular complexity index is 482. The summed E-state index contributed by atoms with van der Waals surface area (Å²) >= 11 is 1.40. The van der Waals surface area contributed by atoms with Crippen LogP contribution in [-0.2, 0) is 0 Å². The number of nitrogens with one attached hydrogen (secondary N) is 1. The number of nitrogens with two attached hydrogens (primary N) is 1. The molecule has 21 heavy (non-hydrogen) atoms. The standard InChI is InChI=1S/C14H25N5OS/c1-10(6-9-18(2)3)16-13(20)11-12(15)17-14(21-11)19-7-4-5-8-19/h10H,4-9,15H2,1-3H3,(H,16,20). The highest BCUT2D eigenvalue weighted by atomic mass is 32.1. The molecule has 2 heterocycles. The quantitative estimate of drug-likeness (QED) is 0.830. The predicted molar refractivity (Wildman–Crippen MR) is 88.1 cm³/mol. The number of rotatable bonds is 6. The normalized spacial score (nSPS) is 16.5. The lowest BCUT2D eigenvalue weighted by Gasteiger charge is -2.16. The third-order valence-corrected chi connectivity index (χ3v) is 4.74. The molecule has 1 aliphatic heterocycles. The minimum absolute atomic E-state index is 0.110. The fourth-order valence-electron chi connectivity index (χ4n) is 2.34. The van der Waals surface area contributed by atoms with Gasteiger partial charge in [0, 0.05) is 19.1 Å². The summed E-state index contributed by atoms with van der Waals surface area (Å²) in [5.74, 6) is 0.237. The molecule has 1 fully saturated rings. The molecule has 1 unspecified atom stereocenters. The van der Waals surface area contributed by atoms with Crippen LogP contribution in [0.4, 0.5) is 10.9 Å². The molecule has 0 aliphatic carbocycles.